The highest BCUT2D eigenvalue weighted by Crippen LogP contribution is 2.35. The maximum absolute atomic E-state index is 12.2. The van der Waals surface area contributed by atoms with Gasteiger partial charge in [-0.15, -0.1) is 0 Å². The highest BCUT2D eigenvalue weighted by Gasteiger charge is 2.27. The Morgan fingerprint density at radius 3 is 2.62 bits per heavy atom. The van der Waals surface area contributed by atoms with Crippen molar-refractivity contribution in [1.29, 1.82) is 0 Å². The normalized spacial score (nSPS) is 21.2. The number of nitrogens with zero attached hydrogens (tertiary/aromatic N) is 2. The third-order valence-corrected chi connectivity index (χ3v) is 4.94. The van der Waals surface area contributed by atoms with Crippen LogP contribution in [0.2, 0.25) is 0 Å². The first-order valence-electron chi connectivity index (χ1n) is 8.70. The summed E-state index contributed by atoms with van der Waals surface area (Å²) in [7, 11) is 0. The van der Waals surface area contributed by atoms with Crippen molar-refractivity contribution < 1.29 is 4.74 Å². The van der Waals surface area contributed by atoms with E-state index in [1.165, 1.54) is 5.56 Å². The topological polar surface area (TPSA) is 48.6 Å². The van der Waals surface area contributed by atoms with E-state index in [9.17, 15) is 4.79 Å². The molecule has 3 heterocycles. The van der Waals surface area contributed by atoms with E-state index in [-0.39, 0.29) is 5.56 Å². The number of aromatic amines is 1. The van der Waals surface area contributed by atoms with E-state index >= 15 is 0 Å². The number of H-pyrrole nitrogens is 1. The Bertz CT molecular complexity index is 738. The van der Waals surface area contributed by atoms with Crippen molar-refractivity contribution in [1.82, 2.24) is 4.98 Å². The molecule has 0 unspecified atom stereocenters. The number of aromatic nitrogens is 1. The van der Waals surface area contributed by atoms with E-state index in [1.807, 2.05) is 6.07 Å². The molecular weight excluding hydrogens is 302 g/mol. The Kier molecular flexibility index (Phi) is 4.26. The van der Waals surface area contributed by atoms with Crippen LogP contribution in [0.3, 0.4) is 0 Å². The van der Waals surface area contributed by atoms with Gasteiger partial charge in [0.15, 0.2) is 0 Å². The van der Waals surface area contributed by atoms with Crippen molar-refractivity contribution in [2.24, 2.45) is 0 Å². The fourth-order valence-electron chi connectivity index (χ4n) is 3.75. The molecule has 1 aromatic heterocycles. The van der Waals surface area contributed by atoms with Crippen LogP contribution in [0.5, 0.6) is 0 Å². The molecule has 1 N–H and O–H groups in total. The molecule has 5 nitrogen and oxygen atoms in total. The Balaban J connectivity index is 1.65. The van der Waals surface area contributed by atoms with Crippen LogP contribution in [-0.4, -0.2) is 37.8 Å². The van der Waals surface area contributed by atoms with Crippen LogP contribution < -0.4 is 15.4 Å². The minimum atomic E-state index is -0.0345. The molecule has 4 rings (SSSR count). The standard InChI is InChI=1S/C19H23N3O2/c23-19-14-16(21-9-11-24-12-10-21)13-18(20-19)22-8-4-7-17(22)15-5-2-1-3-6-15/h1-3,5-6,13-14,17H,4,7-12H2,(H,20,23)/t17-/m0/s1. The number of morpholine rings is 1. The van der Waals surface area contributed by atoms with Crippen molar-refractivity contribution in [2.75, 3.05) is 42.6 Å². The lowest BCUT2D eigenvalue weighted by molar-refractivity contribution is 0.122. The number of rotatable bonds is 3. The van der Waals surface area contributed by atoms with Gasteiger partial charge in [0, 0.05) is 37.5 Å². The predicted molar refractivity (Wildman–Crippen MR) is 95.9 cm³/mol. The molecule has 2 aliphatic rings. The van der Waals surface area contributed by atoms with Crippen LogP contribution in [0.15, 0.2) is 47.3 Å². The van der Waals surface area contributed by atoms with Crippen LogP contribution in [0.4, 0.5) is 11.5 Å². The number of pyridine rings is 1. The molecule has 0 amide bonds. The molecular formula is C19H23N3O2. The zero-order valence-electron chi connectivity index (χ0n) is 13.8. The molecule has 2 saturated heterocycles. The van der Waals surface area contributed by atoms with Crippen molar-refractivity contribution in [3.05, 3.63) is 58.4 Å². The quantitative estimate of drug-likeness (QED) is 0.942. The number of nitrogens with one attached hydrogen (secondary N) is 1. The van der Waals surface area contributed by atoms with Gasteiger partial charge in [0.25, 0.3) is 5.56 Å². The zero-order chi connectivity index (χ0) is 16.4. The van der Waals surface area contributed by atoms with Gasteiger partial charge in [0.2, 0.25) is 0 Å². The van der Waals surface area contributed by atoms with Gasteiger partial charge in [-0.25, -0.2) is 0 Å². The number of anilines is 2. The molecule has 1 atom stereocenters. The van der Waals surface area contributed by atoms with E-state index in [1.54, 1.807) is 6.07 Å². The Labute approximate surface area is 141 Å². The van der Waals surface area contributed by atoms with Crippen molar-refractivity contribution in [3.63, 3.8) is 0 Å². The fraction of sp³-hybridized carbons (Fsp3) is 0.421. The molecule has 0 radical (unpaired) electrons. The van der Waals surface area contributed by atoms with Gasteiger partial charge in [-0.05, 0) is 18.4 Å². The van der Waals surface area contributed by atoms with Crippen LogP contribution in [0, 0.1) is 0 Å². The van der Waals surface area contributed by atoms with Crippen LogP contribution in [0.1, 0.15) is 24.4 Å². The molecule has 24 heavy (non-hydrogen) atoms. The Hall–Kier alpha value is -2.27. The average molecular weight is 325 g/mol. The van der Waals surface area contributed by atoms with Crippen molar-refractivity contribution >= 4 is 11.5 Å². The van der Waals surface area contributed by atoms with E-state index < -0.39 is 0 Å². The van der Waals surface area contributed by atoms with Crippen molar-refractivity contribution in [3.8, 4) is 0 Å². The summed E-state index contributed by atoms with van der Waals surface area (Å²) in [5, 5.41) is 0. The molecule has 0 saturated carbocycles. The molecule has 2 aromatic rings. The van der Waals surface area contributed by atoms with Gasteiger partial charge in [0.05, 0.1) is 19.3 Å². The summed E-state index contributed by atoms with van der Waals surface area (Å²) in [6.45, 7) is 4.09. The number of ether oxygens (including phenoxy) is 1. The number of hydrogen-bond acceptors (Lipinski definition) is 4. The summed E-state index contributed by atoms with van der Waals surface area (Å²) in [4.78, 5) is 19.8. The fourth-order valence-corrected chi connectivity index (χ4v) is 3.75. The third kappa shape index (κ3) is 3.04. The van der Waals surface area contributed by atoms with Gasteiger partial charge in [-0.2, -0.15) is 0 Å². The molecule has 1 aromatic carbocycles. The predicted octanol–water partition coefficient (Wildman–Crippen LogP) is 2.55. The molecule has 2 aliphatic heterocycles. The largest absolute Gasteiger partial charge is 0.378 e. The molecule has 0 aliphatic carbocycles. The van der Waals surface area contributed by atoms with Gasteiger partial charge < -0.3 is 19.5 Å². The van der Waals surface area contributed by atoms with E-state index in [4.69, 9.17) is 4.74 Å². The summed E-state index contributed by atoms with van der Waals surface area (Å²) in [6, 6.07) is 14.7. The summed E-state index contributed by atoms with van der Waals surface area (Å²) >= 11 is 0. The molecule has 5 heteroatoms. The zero-order valence-corrected chi connectivity index (χ0v) is 13.8. The van der Waals surface area contributed by atoms with Gasteiger partial charge in [-0.3, -0.25) is 4.79 Å². The first kappa shape index (κ1) is 15.3. The van der Waals surface area contributed by atoms with Gasteiger partial charge in [-0.1, -0.05) is 30.3 Å². The highest BCUT2D eigenvalue weighted by atomic mass is 16.5. The summed E-state index contributed by atoms with van der Waals surface area (Å²) < 4.78 is 5.42. The van der Waals surface area contributed by atoms with Gasteiger partial charge in [0.1, 0.15) is 5.82 Å². The minimum Gasteiger partial charge on any atom is -0.378 e. The monoisotopic (exact) mass is 325 g/mol. The summed E-state index contributed by atoms with van der Waals surface area (Å²) in [6.07, 6.45) is 2.26. The third-order valence-electron chi connectivity index (χ3n) is 4.94. The maximum Gasteiger partial charge on any atom is 0.251 e. The first-order chi connectivity index (χ1) is 11.8. The van der Waals surface area contributed by atoms with Crippen LogP contribution >= 0.6 is 0 Å². The van der Waals surface area contributed by atoms with E-state index in [2.05, 4.69) is 45.1 Å². The molecule has 0 bridgehead atoms. The highest BCUT2D eigenvalue weighted by molar-refractivity contribution is 5.56. The summed E-state index contributed by atoms with van der Waals surface area (Å²) in [5.74, 6) is 0.926. The number of hydrogen-bond donors (Lipinski definition) is 1. The molecule has 126 valence electrons. The number of benzene rings is 1. The van der Waals surface area contributed by atoms with Crippen LogP contribution in [-0.2, 0) is 4.74 Å². The lowest BCUT2D eigenvalue weighted by Gasteiger charge is -2.31. The Morgan fingerprint density at radius 1 is 1.04 bits per heavy atom. The first-order valence-corrected chi connectivity index (χ1v) is 8.70. The summed E-state index contributed by atoms with van der Waals surface area (Å²) in [5.41, 5.74) is 2.27. The molecule has 2 fully saturated rings. The second kappa shape index (κ2) is 6.69. The second-order valence-corrected chi connectivity index (χ2v) is 6.45. The van der Waals surface area contributed by atoms with E-state index in [0.717, 1.165) is 57.2 Å². The average Bonchev–Trinajstić information content (AvgIpc) is 3.12. The Morgan fingerprint density at radius 2 is 1.83 bits per heavy atom. The lowest BCUT2D eigenvalue weighted by Crippen LogP contribution is -2.37. The van der Waals surface area contributed by atoms with Gasteiger partial charge >= 0.3 is 0 Å². The lowest BCUT2D eigenvalue weighted by atomic mass is 10.0. The SMILES string of the molecule is O=c1cc(N2CCOCC2)cc(N2CCC[C@H]2c2ccccc2)[nH]1. The maximum atomic E-state index is 12.2. The van der Waals surface area contributed by atoms with Crippen molar-refractivity contribution in [2.45, 2.75) is 18.9 Å². The smallest absolute Gasteiger partial charge is 0.251 e. The van der Waals surface area contributed by atoms with Crippen LogP contribution in [0.25, 0.3) is 0 Å². The second-order valence-electron chi connectivity index (χ2n) is 6.45. The molecule has 0 spiro atoms. The van der Waals surface area contributed by atoms with E-state index in [0.29, 0.717) is 6.04 Å². The minimum absolute atomic E-state index is 0.0345.